The molecule has 0 aliphatic heterocycles. The van der Waals surface area contributed by atoms with E-state index in [-0.39, 0.29) is 11.3 Å². The van der Waals surface area contributed by atoms with Gasteiger partial charge in [0.25, 0.3) is 0 Å². The molecule has 0 saturated heterocycles. The topological polar surface area (TPSA) is 46.3 Å². The Balaban J connectivity index is 5.48. The summed E-state index contributed by atoms with van der Waals surface area (Å²) in [6, 6.07) is 0.296. The number of carbonyl (C=O) groups is 1. The minimum atomic E-state index is -0.342. The highest BCUT2D eigenvalue weighted by Crippen LogP contribution is 2.38. The zero-order chi connectivity index (χ0) is 14.9. The average Bonchev–Trinajstić information content (AvgIpc) is 2.38. The van der Waals surface area contributed by atoms with E-state index in [1.807, 2.05) is 0 Å². The second-order valence-electron chi connectivity index (χ2n) is 5.55. The Morgan fingerprint density at radius 3 is 1.74 bits per heavy atom. The third-order valence-electron chi connectivity index (χ3n) is 4.34. The highest BCUT2D eigenvalue weighted by Gasteiger charge is 2.44. The fourth-order valence-electron chi connectivity index (χ4n) is 3.51. The van der Waals surface area contributed by atoms with Gasteiger partial charge in [-0.15, -0.1) is 0 Å². The first kappa shape index (κ1) is 18.4. The minimum absolute atomic E-state index is 0.0958. The highest BCUT2D eigenvalue weighted by atomic mass is 16.1. The number of nitrogens with zero attached hydrogens (tertiary/aromatic N) is 1. The Morgan fingerprint density at radius 2 is 1.47 bits per heavy atom. The number of hydrogen-bond acceptors (Lipinski definition) is 2. The molecule has 0 aromatic carbocycles. The molecule has 0 fully saturated rings. The summed E-state index contributed by atoms with van der Waals surface area (Å²) in [5.41, 5.74) is 5.51. The van der Waals surface area contributed by atoms with Crippen LogP contribution < -0.4 is 5.73 Å². The summed E-state index contributed by atoms with van der Waals surface area (Å²) in [6.45, 7) is 12.8. The minimum Gasteiger partial charge on any atom is -0.369 e. The summed E-state index contributed by atoms with van der Waals surface area (Å²) >= 11 is 0. The van der Waals surface area contributed by atoms with E-state index in [0.717, 1.165) is 51.6 Å². The van der Waals surface area contributed by atoms with Crippen molar-refractivity contribution in [2.45, 2.75) is 79.2 Å². The first-order valence-electron chi connectivity index (χ1n) is 8.07. The van der Waals surface area contributed by atoms with Crippen molar-refractivity contribution in [1.29, 1.82) is 0 Å². The van der Waals surface area contributed by atoms with Crippen molar-refractivity contribution >= 4 is 5.91 Å². The maximum Gasteiger partial charge on any atom is 0.225 e. The lowest BCUT2D eigenvalue weighted by molar-refractivity contribution is -0.133. The van der Waals surface area contributed by atoms with Crippen LogP contribution in [0.4, 0.5) is 0 Å². The molecule has 0 saturated carbocycles. The van der Waals surface area contributed by atoms with Crippen LogP contribution in [0, 0.1) is 5.41 Å². The average molecular weight is 270 g/mol. The van der Waals surface area contributed by atoms with E-state index in [1.54, 1.807) is 0 Å². The fourth-order valence-corrected chi connectivity index (χ4v) is 3.51. The van der Waals surface area contributed by atoms with Crippen LogP contribution in [0.5, 0.6) is 0 Å². The van der Waals surface area contributed by atoms with E-state index >= 15 is 0 Å². The molecule has 1 unspecified atom stereocenters. The van der Waals surface area contributed by atoms with Crippen LogP contribution in [0.3, 0.4) is 0 Å². The maximum absolute atomic E-state index is 12.2. The van der Waals surface area contributed by atoms with Crippen molar-refractivity contribution in [1.82, 2.24) is 4.90 Å². The quantitative estimate of drug-likeness (QED) is 0.624. The third kappa shape index (κ3) is 4.48. The summed E-state index contributed by atoms with van der Waals surface area (Å²) in [4.78, 5) is 14.7. The Bertz CT molecular complexity index is 243. The molecule has 19 heavy (non-hydrogen) atoms. The fraction of sp³-hybridized carbons (Fsp3) is 0.938. The number of primary amides is 1. The number of carbonyl (C=O) groups excluding carboxylic acids is 1. The first-order valence-corrected chi connectivity index (χ1v) is 8.07. The highest BCUT2D eigenvalue weighted by molar-refractivity contribution is 5.81. The lowest BCUT2D eigenvalue weighted by Gasteiger charge is -2.44. The Hall–Kier alpha value is -0.570. The summed E-state index contributed by atoms with van der Waals surface area (Å²) in [7, 11) is 0. The van der Waals surface area contributed by atoms with Crippen LogP contribution in [0.15, 0.2) is 0 Å². The van der Waals surface area contributed by atoms with Gasteiger partial charge in [0.15, 0.2) is 0 Å². The molecule has 114 valence electrons. The number of rotatable bonds is 11. The van der Waals surface area contributed by atoms with E-state index in [1.165, 1.54) is 0 Å². The van der Waals surface area contributed by atoms with E-state index in [2.05, 4.69) is 39.5 Å². The van der Waals surface area contributed by atoms with Gasteiger partial charge in [0, 0.05) is 6.04 Å². The van der Waals surface area contributed by atoms with Crippen LogP contribution in [0.2, 0.25) is 0 Å². The van der Waals surface area contributed by atoms with Crippen LogP contribution in [0.25, 0.3) is 0 Å². The Kier molecular flexibility index (Phi) is 9.07. The summed E-state index contributed by atoms with van der Waals surface area (Å²) in [6.07, 6.45) is 6.03. The van der Waals surface area contributed by atoms with Gasteiger partial charge in [0.05, 0.1) is 5.41 Å². The monoisotopic (exact) mass is 270 g/mol. The van der Waals surface area contributed by atoms with Gasteiger partial charge in [-0.05, 0) is 32.4 Å². The normalized spacial score (nSPS) is 13.8. The largest absolute Gasteiger partial charge is 0.369 e. The van der Waals surface area contributed by atoms with Gasteiger partial charge >= 0.3 is 0 Å². The molecule has 0 aromatic rings. The molecule has 0 aliphatic rings. The molecule has 0 aromatic heterocycles. The van der Waals surface area contributed by atoms with Gasteiger partial charge in [0.1, 0.15) is 0 Å². The summed E-state index contributed by atoms with van der Waals surface area (Å²) in [5.74, 6) is -0.0958. The van der Waals surface area contributed by atoms with E-state index in [0.29, 0.717) is 6.04 Å². The maximum atomic E-state index is 12.2. The molecule has 0 rings (SSSR count). The van der Waals surface area contributed by atoms with E-state index < -0.39 is 0 Å². The molecule has 1 amide bonds. The second kappa shape index (κ2) is 9.35. The van der Waals surface area contributed by atoms with E-state index in [9.17, 15) is 4.79 Å². The molecule has 0 aliphatic carbocycles. The van der Waals surface area contributed by atoms with Gasteiger partial charge < -0.3 is 5.73 Å². The second-order valence-corrected chi connectivity index (χ2v) is 5.55. The van der Waals surface area contributed by atoms with Crippen molar-refractivity contribution in [2.75, 3.05) is 13.1 Å². The molecule has 0 bridgehead atoms. The van der Waals surface area contributed by atoms with Crippen LogP contribution in [0.1, 0.15) is 73.1 Å². The smallest absolute Gasteiger partial charge is 0.225 e. The zero-order valence-electron chi connectivity index (χ0n) is 13.7. The van der Waals surface area contributed by atoms with Crippen molar-refractivity contribution in [3.05, 3.63) is 0 Å². The molecular weight excluding hydrogens is 236 g/mol. The van der Waals surface area contributed by atoms with Crippen molar-refractivity contribution in [3.8, 4) is 0 Å². The number of nitrogens with two attached hydrogens (primary N) is 1. The molecule has 1 atom stereocenters. The Labute approximate surface area is 119 Å². The summed E-state index contributed by atoms with van der Waals surface area (Å²) in [5, 5.41) is 0. The lowest BCUT2D eigenvalue weighted by atomic mass is 9.70. The molecule has 3 nitrogen and oxygen atoms in total. The first-order chi connectivity index (χ1) is 9.03. The van der Waals surface area contributed by atoms with Gasteiger partial charge in [0.2, 0.25) is 5.91 Å². The summed E-state index contributed by atoms with van der Waals surface area (Å²) < 4.78 is 0. The molecule has 0 radical (unpaired) electrons. The predicted molar refractivity (Wildman–Crippen MR) is 83.1 cm³/mol. The molecule has 3 heteroatoms. The van der Waals surface area contributed by atoms with Gasteiger partial charge in [-0.25, -0.2) is 0 Å². The zero-order valence-corrected chi connectivity index (χ0v) is 13.7. The third-order valence-corrected chi connectivity index (χ3v) is 4.34. The van der Waals surface area contributed by atoms with Crippen LogP contribution in [-0.2, 0) is 4.79 Å². The standard InChI is InChI=1S/C16H34N2O/c1-6-11-14(18(9-4)10-5)16(12-7-2,13-8-3)15(17)19/h14H,6-13H2,1-5H3,(H2,17,19). The SMILES string of the molecule is CCCC(N(CC)CC)C(CCC)(CCC)C(N)=O. The van der Waals surface area contributed by atoms with E-state index in [4.69, 9.17) is 5.73 Å². The van der Waals surface area contributed by atoms with Gasteiger partial charge in [-0.1, -0.05) is 53.9 Å². The number of hydrogen-bond donors (Lipinski definition) is 1. The predicted octanol–water partition coefficient (Wildman–Crippen LogP) is 3.57. The van der Waals surface area contributed by atoms with Gasteiger partial charge in [-0.3, -0.25) is 9.69 Å². The number of amides is 1. The molecular formula is C16H34N2O. The Morgan fingerprint density at radius 1 is 1.00 bits per heavy atom. The molecule has 0 spiro atoms. The molecule has 0 heterocycles. The van der Waals surface area contributed by atoms with Crippen molar-refractivity contribution in [2.24, 2.45) is 11.1 Å². The van der Waals surface area contributed by atoms with Crippen molar-refractivity contribution in [3.63, 3.8) is 0 Å². The lowest BCUT2D eigenvalue weighted by Crippen LogP contribution is -2.54. The van der Waals surface area contributed by atoms with Gasteiger partial charge in [-0.2, -0.15) is 0 Å². The van der Waals surface area contributed by atoms with Crippen molar-refractivity contribution < 1.29 is 4.79 Å². The van der Waals surface area contributed by atoms with Crippen LogP contribution in [-0.4, -0.2) is 29.9 Å². The van der Waals surface area contributed by atoms with Crippen LogP contribution >= 0.6 is 0 Å². The molecule has 2 N–H and O–H groups in total.